The third kappa shape index (κ3) is 6.18. The molecular weight excluding hydrogens is 394 g/mol. The van der Waals surface area contributed by atoms with Gasteiger partial charge in [-0.15, -0.1) is 0 Å². The van der Waals surface area contributed by atoms with Crippen molar-refractivity contribution in [3.8, 4) is 5.75 Å². The summed E-state index contributed by atoms with van der Waals surface area (Å²) >= 11 is 0. The van der Waals surface area contributed by atoms with Crippen molar-refractivity contribution >= 4 is 23.7 Å². The van der Waals surface area contributed by atoms with Gasteiger partial charge < -0.3 is 30.9 Å². The van der Waals surface area contributed by atoms with Crippen molar-refractivity contribution < 1.29 is 34.1 Å². The Bertz CT molecular complexity index is 796. The van der Waals surface area contributed by atoms with Gasteiger partial charge in [-0.2, -0.15) is 0 Å². The molecule has 0 aliphatic carbocycles. The number of benzene rings is 1. The van der Waals surface area contributed by atoms with E-state index in [1.807, 2.05) is 13.8 Å². The van der Waals surface area contributed by atoms with Gasteiger partial charge in [0.25, 0.3) is 5.91 Å². The second-order valence-corrected chi connectivity index (χ2v) is 7.37. The Labute approximate surface area is 174 Å². The Morgan fingerprint density at radius 2 is 1.87 bits per heavy atom. The molecule has 0 unspecified atom stereocenters. The normalized spacial score (nSPS) is 23.7. The smallest absolute Gasteiger partial charge is 0.326 e. The molecular formula is C20H27N3O7. The molecule has 1 aromatic carbocycles. The second-order valence-electron chi connectivity index (χ2n) is 7.37. The van der Waals surface area contributed by atoms with Gasteiger partial charge in [0.2, 0.25) is 11.8 Å². The van der Waals surface area contributed by atoms with Gasteiger partial charge in [0.05, 0.1) is 18.2 Å². The van der Waals surface area contributed by atoms with E-state index < -0.39 is 48.4 Å². The molecule has 0 spiro atoms. The summed E-state index contributed by atoms with van der Waals surface area (Å²) in [5.74, 6) is -2.95. The van der Waals surface area contributed by atoms with Crippen LogP contribution in [0.3, 0.4) is 0 Å². The molecule has 0 saturated carbocycles. The Morgan fingerprint density at radius 1 is 1.17 bits per heavy atom. The Hall–Kier alpha value is -3.14. The number of carboxylic acids is 1. The van der Waals surface area contributed by atoms with E-state index in [0.717, 1.165) is 0 Å². The maximum atomic E-state index is 12.6. The van der Waals surface area contributed by atoms with Crippen LogP contribution in [0.15, 0.2) is 24.3 Å². The number of para-hydroxylation sites is 1. The zero-order valence-corrected chi connectivity index (χ0v) is 16.9. The fourth-order valence-electron chi connectivity index (χ4n) is 2.87. The summed E-state index contributed by atoms with van der Waals surface area (Å²) < 4.78 is 5.77. The molecule has 10 nitrogen and oxygen atoms in total. The lowest BCUT2D eigenvalue weighted by atomic mass is 10.0. The summed E-state index contributed by atoms with van der Waals surface area (Å²) in [4.78, 5) is 48.8. The molecule has 0 bridgehead atoms. The number of ether oxygens (including phenoxy) is 1. The lowest BCUT2D eigenvalue weighted by molar-refractivity contribution is -0.139. The number of carbonyl (C=O) groups is 4. The molecule has 1 heterocycles. The molecule has 2 rings (SSSR count). The first-order chi connectivity index (χ1) is 14.2. The lowest BCUT2D eigenvalue weighted by Crippen LogP contribution is -2.53. The minimum absolute atomic E-state index is 0.0299. The minimum Gasteiger partial charge on any atom is -0.491 e. The third-order valence-electron chi connectivity index (χ3n) is 4.78. The number of aliphatic carboxylic acids is 1. The topological polar surface area (TPSA) is 154 Å². The Balaban J connectivity index is 2.36. The van der Waals surface area contributed by atoms with Gasteiger partial charge in [0.1, 0.15) is 24.4 Å². The van der Waals surface area contributed by atoms with Gasteiger partial charge in [-0.3, -0.25) is 14.4 Å². The summed E-state index contributed by atoms with van der Waals surface area (Å²) in [6.07, 6.45) is -0.447. The van der Waals surface area contributed by atoms with E-state index in [-0.39, 0.29) is 36.7 Å². The maximum Gasteiger partial charge on any atom is 0.326 e. The lowest BCUT2D eigenvalue weighted by Gasteiger charge is -2.25. The quantitative estimate of drug-likeness (QED) is 0.447. The van der Waals surface area contributed by atoms with Crippen LogP contribution in [0.4, 0.5) is 0 Å². The van der Waals surface area contributed by atoms with Crippen LogP contribution in [0.5, 0.6) is 5.75 Å². The van der Waals surface area contributed by atoms with Crippen LogP contribution in [0.25, 0.3) is 0 Å². The van der Waals surface area contributed by atoms with Crippen molar-refractivity contribution in [2.45, 2.75) is 44.8 Å². The summed E-state index contributed by atoms with van der Waals surface area (Å²) in [6, 6.07) is 3.40. The number of aliphatic hydroxyl groups excluding tert-OH is 1. The predicted octanol–water partition coefficient (Wildman–Crippen LogP) is -0.340. The molecule has 1 aromatic rings. The summed E-state index contributed by atoms with van der Waals surface area (Å²) in [6.45, 7) is 3.14. The van der Waals surface area contributed by atoms with E-state index in [1.165, 1.54) is 6.07 Å². The molecule has 0 radical (unpaired) electrons. The largest absolute Gasteiger partial charge is 0.491 e. The van der Waals surface area contributed by atoms with Gasteiger partial charge in [0.15, 0.2) is 0 Å². The number of hydrogen-bond acceptors (Lipinski definition) is 6. The molecule has 0 saturated heterocycles. The number of carbonyl (C=O) groups excluding carboxylic acids is 3. The van der Waals surface area contributed by atoms with Crippen molar-refractivity contribution in [1.29, 1.82) is 0 Å². The molecule has 30 heavy (non-hydrogen) atoms. The highest BCUT2D eigenvalue weighted by Gasteiger charge is 2.28. The average molecular weight is 421 g/mol. The highest BCUT2D eigenvalue weighted by molar-refractivity contribution is 5.99. The third-order valence-corrected chi connectivity index (χ3v) is 4.78. The van der Waals surface area contributed by atoms with Gasteiger partial charge in [-0.05, 0) is 24.5 Å². The van der Waals surface area contributed by atoms with Crippen molar-refractivity contribution in [3.05, 3.63) is 29.8 Å². The molecule has 10 heteroatoms. The summed E-state index contributed by atoms with van der Waals surface area (Å²) in [7, 11) is 0. The summed E-state index contributed by atoms with van der Waals surface area (Å²) in [5.41, 5.74) is 0.144. The molecule has 3 atom stereocenters. The van der Waals surface area contributed by atoms with Crippen LogP contribution in [0, 0.1) is 5.92 Å². The van der Waals surface area contributed by atoms with Crippen molar-refractivity contribution in [2.24, 2.45) is 5.92 Å². The van der Waals surface area contributed by atoms with E-state index in [2.05, 4.69) is 16.0 Å². The maximum absolute atomic E-state index is 12.6. The first-order valence-corrected chi connectivity index (χ1v) is 9.69. The standard InChI is InChI=1S/C20H27N3O7/c1-11(2)15-10-30-16-6-4-3-5-12(16)18(26)22-13(20(28)29)7-8-17(25)21-14(9-24)19(27)23-15/h3-6,11,13-15,24H,7-10H2,1-2H3,(H,21,25)(H,22,26)(H,23,27)(H,28,29)/t13-,14-,15+/m0/s1. The van der Waals surface area contributed by atoms with E-state index in [4.69, 9.17) is 4.74 Å². The number of carboxylic acid groups (broad SMARTS) is 1. The number of amides is 3. The number of aliphatic hydroxyl groups is 1. The second kappa shape index (κ2) is 10.6. The summed E-state index contributed by atoms with van der Waals surface area (Å²) in [5, 5.41) is 26.4. The molecule has 164 valence electrons. The average Bonchev–Trinajstić information content (AvgIpc) is 2.71. The van der Waals surface area contributed by atoms with Gasteiger partial charge in [-0.25, -0.2) is 4.79 Å². The molecule has 1 aliphatic rings. The van der Waals surface area contributed by atoms with Crippen molar-refractivity contribution in [3.63, 3.8) is 0 Å². The molecule has 5 N–H and O–H groups in total. The highest BCUT2D eigenvalue weighted by atomic mass is 16.5. The van der Waals surface area contributed by atoms with E-state index in [9.17, 15) is 29.4 Å². The zero-order chi connectivity index (χ0) is 22.3. The van der Waals surface area contributed by atoms with Crippen LogP contribution in [0.2, 0.25) is 0 Å². The minimum atomic E-state index is -1.31. The van der Waals surface area contributed by atoms with E-state index >= 15 is 0 Å². The SMILES string of the molecule is CC(C)[C@H]1COc2ccccc2C(=O)N[C@H](C(=O)O)CCC(=O)N[C@@H](CO)C(=O)N1. The van der Waals surface area contributed by atoms with Crippen LogP contribution in [0.1, 0.15) is 37.0 Å². The number of fused-ring (bicyclic) bond motifs is 1. The van der Waals surface area contributed by atoms with Crippen molar-refractivity contribution in [2.75, 3.05) is 13.2 Å². The highest BCUT2D eigenvalue weighted by Crippen LogP contribution is 2.19. The Kier molecular flexibility index (Phi) is 8.16. The van der Waals surface area contributed by atoms with Crippen LogP contribution in [-0.2, 0) is 14.4 Å². The molecule has 1 aliphatic heterocycles. The number of rotatable bonds is 3. The van der Waals surface area contributed by atoms with Crippen LogP contribution >= 0.6 is 0 Å². The molecule has 3 amide bonds. The first-order valence-electron chi connectivity index (χ1n) is 9.69. The van der Waals surface area contributed by atoms with Gasteiger partial charge in [-0.1, -0.05) is 26.0 Å². The zero-order valence-electron chi connectivity index (χ0n) is 16.9. The van der Waals surface area contributed by atoms with E-state index in [1.54, 1.807) is 18.2 Å². The fourth-order valence-corrected chi connectivity index (χ4v) is 2.87. The molecule has 0 aromatic heterocycles. The van der Waals surface area contributed by atoms with Crippen molar-refractivity contribution in [1.82, 2.24) is 16.0 Å². The van der Waals surface area contributed by atoms with Crippen LogP contribution in [-0.4, -0.2) is 65.2 Å². The van der Waals surface area contributed by atoms with Gasteiger partial charge in [0, 0.05) is 6.42 Å². The van der Waals surface area contributed by atoms with Crippen LogP contribution < -0.4 is 20.7 Å². The number of nitrogens with one attached hydrogen (secondary N) is 3. The number of hydrogen-bond donors (Lipinski definition) is 5. The van der Waals surface area contributed by atoms with E-state index in [0.29, 0.717) is 0 Å². The molecule has 0 fully saturated rings. The monoisotopic (exact) mass is 421 g/mol. The fraction of sp³-hybridized carbons (Fsp3) is 0.500. The Morgan fingerprint density at radius 3 is 2.50 bits per heavy atom. The predicted molar refractivity (Wildman–Crippen MR) is 106 cm³/mol. The van der Waals surface area contributed by atoms with Gasteiger partial charge >= 0.3 is 5.97 Å². The first kappa shape index (κ1) is 23.1.